The number of ether oxygens (including phenoxy) is 1. The zero-order valence-corrected chi connectivity index (χ0v) is 13.4. The van der Waals surface area contributed by atoms with E-state index in [0.29, 0.717) is 26.4 Å². The van der Waals surface area contributed by atoms with Crippen LogP contribution in [0.4, 0.5) is 0 Å². The first-order chi connectivity index (χ1) is 10.0. The number of aromatic nitrogens is 2. The van der Waals surface area contributed by atoms with Gasteiger partial charge in [0, 0.05) is 23.0 Å². The zero-order chi connectivity index (χ0) is 15.0. The molecule has 0 N–H and O–H groups in total. The van der Waals surface area contributed by atoms with Crippen LogP contribution < -0.4 is 4.74 Å². The molecule has 0 saturated heterocycles. The van der Waals surface area contributed by atoms with Crippen LogP contribution >= 0.6 is 34.8 Å². The molecule has 0 bridgehead atoms. The van der Waals surface area contributed by atoms with Crippen molar-refractivity contribution in [3.05, 3.63) is 63.0 Å². The van der Waals surface area contributed by atoms with E-state index < -0.39 is 0 Å². The molecule has 0 aliphatic rings. The number of hydrogen-bond acceptors (Lipinski definition) is 2. The van der Waals surface area contributed by atoms with E-state index in [1.165, 1.54) is 0 Å². The van der Waals surface area contributed by atoms with Gasteiger partial charge in [-0.1, -0.05) is 34.8 Å². The monoisotopic (exact) mass is 340 g/mol. The van der Waals surface area contributed by atoms with Crippen LogP contribution in [0.15, 0.2) is 36.7 Å². The Morgan fingerprint density at radius 1 is 1.19 bits per heavy atom. The first kappa shape index (κ1) is 14.5. The van der Waals surface area contributed by atoms with Crippen LogP contribution in [0.2, 0.25) is 15.1 Å². The van der Waals surface area contributed by atoms with Gasteiger partial charge in [-0.2, -0.15) is 0 Å². The molecule has 3 nitrogen and oxygen atoms in total. The molecule has 108 valence electrons. The molecule has 0 unspecified atom stereocenters. The number of benzene rings is 1. The average molecular weight is 342 g/mol. The summed E-state index contributed by atoms with van der Waals surface area (Å²) >= 11 is 18.2. The highest BCUT2D eigenvalue weighted by molar-refractivity contribution is 6.39. The van der Waals surface area contributed by atoms with Crippen molar-refractivity contribution in [2.75, 3.05) is 0 Å². The van der Waals surface area contributed by atoms with E-state index in [1.807, 2.05) is 35.9 Å². The third-order valence-corrected chi connectivity index (χ3v) is 3.94. The predicted octanol–water partition coefficient (Wildman–Crippen LogP) is 5.18. The van der Waals surface area contributed by atoms with E-state index in [0.717, 1.165) is 11.3 Å². The third kappa shape index (κ3) is 2.95. The SMILES string of the molecule is Cc1cn2cccc(OCc3c(Cl)cc(Cl)cc3Cl)c2n1. The maximum atomic E-state index is 6.15. The molecule has 0 aliphatic carbocycles. The Labute approximate surface area is 137 Å². The van der Waals surface area contributed by atoms with Crippen LogP contribution in [0.5, 0.6) is 5.75 Å². The van der Waals surface area contributed by atoms with Gasteiger partial charge in [0.25, 0.3) is 0 Å². The molecule has 3 aromatic rings. The highest BCUT2D eigenvalue weighted by Gasteiger charge is 2.11. The van der Waals surface area contributed by atoms with E-state index in [9.17, 15) is 0 Å². The van der Waals surface area contributed by atoms with Gasteiger partial charge in [0.1, 0.15) is 6.61 Å². The van der Waals surface area contributed by atoms with Crippen molar-refractivity contribution < 1.29 is 4.74 Å². The molecular weight excluding hydrogens is 331 g/mol. The fourth-order valence-electron chi connectivity index (χ4n) is 2.08. The minimum Gasteiger partial charge on any atom is -0.485 e. The molecule has 2 heterocycles. The van der Waals surface area contributed by atoms with Gasteiger partial charge in [-0.3, -0.25) is 0 Å². The van der Waals surface area contributed by atoms with Gasteiger partial charge in [-0.15, -0.1) is 0 Å². The van der Waals surface area contributed by atoms with E-state index >= 15 is 0 Å². The molecule has 0 aliphatic heterocycles. The quantitative estimate of drug-likeness (QED) is 0.656. The van der Waals surface area contributed by atoms with Crippen molar-refractivity contribution in [2.45, 2.75) is 13.5 Å². The van der Waals surface area contributed by atoms with E-state index in [4.69, 9.17) is 39.5 Å². The lowest BCUT2D eigenvalue weighted by atomic mass is 10.2. The number of halogens is 3. The fraction of sp³-hybridized carbons (Fsp3) is 0.133. The number of aryl methyl sites for hydroxylation is 1. The lowest BCUT2D eigenvalue weighted by Crippen LogP contribution is -1.99. The summed E-state index contributed by atoms with van der Waals surface area (Å²) < 4.78 is 7.74. The summed E-state index contributed by atoms with van der Waals surface area (Å²) in [6.07, 6.45) is 3.86. The van der Waals surface area contributed by atoms with Gasteiger partial charge < -0.3 is 9.14 Å². The van der Waals surface area contributed by atoms with Crippen molar-refractivity contribution in [2.24, 2.45) is 0 Å². The Kier molecular flexibility index (Phi) is 3.98. The van der Waals surface area contributed by atoms with Gasteiger partial charge in [0.15, 0.2) is 11.4 Å². The van der Waals surface area contributed by atoms with Gasteiger partial charge in [-0.05, 0) is 31.2 Å². The average Bonchev–Trinajstić information content (AvgIpc) is 2.78. The Hall–Kier alpha value is -1.42. The molecule has 6 heteroatoms. The van der Waals surface area contributed by atoms with Crippen LogP contribution in [-0.4, -0.2) is 9.38 Å². The summed E-state index contributed by atoms with van der Waals surface area (Å²) in [6.45, 7) is 2.18. The van der Waals surface area contributed by atoms with E-state index in [-0.39, 0.29) is 6.61 Å². The summed E-state index contributed by atoms with van der Waals surface area (Å²) in [5.41, 5.74) is 2.39. The standard InChI is InChI=1S/C15H11Cl3N2O/c1-9-7-20-4-2-3-14(15(20)19-9)21-8-11-12(17)5-10(16)6-13(11)18/h2-7H,8H2,1H3. The van der Waals surface area contributed by atoms with Crippen molar-refractivity contribution in [3.63, 3.8) is 0 Å². The van der Waals surface area contributed by atoms with E-state index in [1.54, 1.807) is 12.1 Å². The van der Waals surface area contributed by atoms with Crippen LogP contribution in [-0.2, 0) is 6.61 Å². The Bertz CT molecular complexity index is 791. The van der Waals surface area contributed by atoms with Crippen LogP contribution in [0.1, 0.15) is 11.3 Å². The maximum absolute atomic E-state index is 6.15. The highest BCUT2D eigenvalue weighted by atomic mass is 35.5. The second-order valence-electron chi connectivity index (χ2n) is 4.62. The molecule has 0 atom stereocenters. The van der Waals surface area contributed by atoms with Crippen LogP contribution in [0.25, 0.3) is 5.65 Å². The fourth-order valence-corrected chi connectivity index (χ4v) is 3.01. The Morgan fingerprint density at radius 3 is 2.62 bits per heavy atom. The van der Waals surface area contributed by atoms with Crippen molar-refractivity contribution >= 4 is 40.4 Å². The number of rotatable bonds is 3. The molecule has 0 saturated carbocycles. The molecular formula is C15H11Cl3N2O. The second-order valence-corrected chi connectivity index (χ2v) is 5.87. The van der Waals surface area contributed by atoms with E-state index in [2.05, 4.69) is 4.98 Å². The number of fused-ring (bicyclic) bond motifs is 1. The molecule has 0 spiro atoms. The molecule has 3 rings (SSSR count). The van der Waals surface area contributed by atoms with Crippen molar-refractivity contribution in [1.29, 1.82) is 0 Å². The molecule has 21 heavy (non-hydrogen) atoms. The summed E-state index contributed by atoms with van der Waals surface area (Å²) in [6, 6.07) is 7.05. The van der Waals surface area contributed by atoms with Crippen LogP contribution in [0, 0.1) is 6.92 Å². The number of imidazole rings is 1. The second kappa shape index (κ2) is 5.76. The normalized spacial score (nSPS) is 11.0. The van der Waals surface area contributed by atoms with Gasteiger partial charge in [0.2, 0.25) is 0 Å². The summed E-state index contributed by atoms with van der Waals surface area (Å²) in [5.74, 6) is 0.674. The number of hydrogen-bond donors (Lipinski definition) is 0. The first-order valence-electron chi connectivity index (χ1n) is 6.25. The predicted molar refractivity (Wildman–Crippen MR) is 85.7 cm³/mol. The summed E-state index contributed by atoms with van der Waals surface area (Å²) in [4.78, 5) is 4.44. The molecule has 0 radical (unpaired) electrons. The van der Waals surface area contributed by atoms with Crippen LogP contribution in [0.3, 0.4) is 0 Å². The first-order valence-corrected chi connectivity index (χ1v) is 7.38. The van der Waals surface area contributed by atoms with Crippen molar-refractivity contribution in [1.82, 2.24) is 9.38 Å². The lowest BCUT2D eigenvalue weighted by Gasteiger charge is -2.10. The van der Waals surface area contributed by atoms with Gasteiger partial charge in [-0.25, -0.2) is 4.98 Å². The summed E-state index contributed by atoms with van der Waals surface area (Å²) in [5, 5.41) is 1.47. The topological polar surface area (TPSA) is 26.5 Å². The highest BCUT2D eigenvalue weighted by Crippen LogP contribution is 2.30. The maximum Gasteiger partial charge on any atom is 0.179 e. The Balaban J connectivity index is 1.90. The minimum atomic E-state index is 0.250. The zero-order valence-electron chi connectivity index (χ0n) is 11.1. The summed E-state index contributed by atoms with van der Waals surface area (Å²) in [7, 11) is 0. The molecule has 0 fully saturated rings. The van der Waals surface area contributed by atoms with Crippen molar-refractivity contribution in [3.8, 4) is 5.75 Å². The lowest BCUT2D eigenvalue weighted by molar-refractivity contribution is 0.308. The number of nitrogens with zero attached hydrogens (tertiary/aromatic N) is 2. The largest absolute Gasteiger partial charge is 0.485 e. The molecule has 0 amide bonds. The number of pyridine rings is 1. The minimum absolute atomic E-state index is 0.250. The molecule has 2 aromatic heterocycles. The smallest absolute Gasteiger partial charge is 0.179 e. The third-order valence-electron chi connectivity index (χ3n) is 3.05. The van der Waals surface area contributed by atoms with Gasteiger partial charge in [0.05, 0.1) is 15.7 Å². The Morgan fingerprint density at radius 2 is 1.90 bits per heavy atom. The van der Waals surface area contributed by atoms with Gasteiger partial charge >= 0.3 is 0 Å². The molecule has 1 aromatic carbocycles.